The van der Waals surface area contributed by atoms with E-state index in [2.05, 4.69) is 17.9 Å². The fraction of sp³-hybridized carbons (Fsp3) is 0.750. The number of carboxylic acid groups (broad SMARTS) is 1. The highest BCUT2D eigenvalue weighted by Gasteiger charge is 2.63. The number of rotatable bonds is 5. The Balaban J connectivity index is 3.46. The van der Waals surface area contributed by atoms with Crippen LogP contribution in [0.2, 0.25) is 0 Å². The molecule has 7 nitrogen and oxygen atoms in total. The van der Waals surface area contributed by atoms with E-state index in [1.165, 1.54) is 6.92 Å². The van der Waals surface area contributed by atoms with Crippen molar-refractivity contribution in [3.8, 4) is 0 Å². The third kappa shape index (κ3) is 2.43. The van der Waals surface area contributed by atoms with Crippen molar-refractivity contribution >= 4 is 29.6 Å². The molecule has 0 radical (unpaired) electrons. The molecule has 1 rings (SSSR count). The van der Waals surface area contributed by atoms with E-state index in [0.717, 1.165) is 0 Å². The van der Waals surface area contributed by atoms with E-state index in [9.17, 15) is 29.7 Å². The van der Waals surface area contributed by atoms with Crippen molar-refractivity contribution in [3.63, 3.8) is 0 Å². The lowest BCUT2D eigenvalue weighted by Crippen LogP contribution is -2.67. The normalized spacial score (nSPS) is 32.9. The number of hydrogen-bond acceptors (Lipinski definition) is 5. The Labute approximate surface area is 121 Å². The van der Waals surface area contributed by atoms with Crippen LogP contribution in [0.3, 0.4) is 0 Å². The summed E-state index contributed by atoms with van der Waals surface area (Å²) in [4.78, 5) is 34.7. The Morgan fingerprint density at radius 1 is 1.40 bits per heavy atom. The smallest absolute Gasteiger partial charge is 0.317 e. The first-order valence-electron chi connectivity index (χ1n) is 6.21. The third-order valence-electron chi connectivity index (χ3n) is 3.81. The van der Waals surface area contributed by atoms with Crippen LogP contribution in [-0.2, 0) is 14.4 Å². The van der Waals surface area contributed by atoms with Crippen LogP contribution >= 0.6 is 12.6 Å². The molecular formula is C12H19NO6S. The Morgan fingerprint density at radius 3 is 2.15 bits per heavy atom. The summed E-state index contributed by atoms with van der Waals surface area (Å²) < 4.78 is 0. The molecule has 0 bridgehead atoms. The van der Waals surface area contributed by atoms with Gasteiger partial charge in [-0.15, -0.1) is 12.6 Å². The number of thiol groups is 1. The summed E-state index contributed by atoms with van der Waals surface area (Å²) in [6, 6.07) is 0. The van der Waals surface area contributed by atoms with Gasteiger partial charge in [-0.25, -0.2) is 0 Å². The molecule has 1 aliphatic rings. The van der Waals surface area contributed by atoms with E-state index >= 15 is 0 Å². The number of carboxylic acids is 1. The van der Waals surface area contributed by atoms with E-state index in [-0.39, 0.29) is 0 Å². The maximum absolute atomic E-state index is 11.8. The minimum atomic E-state index is -1.98. The van der Waals surface area contributed by atoms with Gasteiger partial charge in [0.15, 0.2) is 5.92 Å². The fourth-order valence-corrected chi connectivity index (χ4v) is 3.01. The fourth-order valence-electron chi connectivity index (χ4n) is 2.69. The zero-order valence-corrected chi connectivity index (χ0v) is 12.3. The second kappa shape index (κ2) is 5.71. The number of amides is 1. The molecular weight excluding hydrogens is 286 g/mol. The Morgan fingerprint density at radius 2 is 1.90 bits per heavy atom. The summed E-state index contributed by atoms with van der Waals surface area (Å²) in [6.45, 7) is 4.59. The predicted molar refractivity (Wildman–Crippen MR) is 72.0 cm³/mol. The monoisotopic (exact) mass is 305 g/mol. The lowest BCUT2D eigenvalue weighted by molar-refractivity contribution is -0.156. The quantitative estimate of drug-likeness (QED) is 0.329. The lowest BCUT2D eigenvalue weighted by Gasteiger charge is -2.42. The van der Waals surface area contributed by atoms with Gasteiger partial charge in [-0.2, -0.15) is 0 Å². The van der Waals surface area contributed by atoms with Crippen molar-refractivity contribution in [2.45, 2.75) is 38.5 Å². The molecule has 1 amide bonds. The minimum absolute atomic E-state index is 0.482. The number of aliphatic hydroxyl groups is 2. The van der Waals surface area contributed by atoms with Gasteiger partial charge in [-0.1, -0.05) is 20.8 Å². The summed E-state index contributed by atoms with van der Waals surface area (Å²) in [5, 5.41) is 31.1. The van der Waals surface area contributed by atoms with Gasteiger partial charge in [-0.3, -0.25) is 14.4 Å². The molecule has 0 aliphatic carbocycles. The molecule has 1 saturated heterocycles. The van der Waals surface area contributed by atoms with Gasteiger partial charge in [0.2, 0.25) is 11.0 Å². The van der Waals surface area contributed by atoms with Crippen molar-refractivity contribution in [1.82, 2.24) is 5.32 Å². The van der Waals surface area contributed by atoms with Crippen LogP contribution in [0.15, 0.2) is 0 Å². The summed E-state index contributed by atoms with van der Waals surface area (Å²) in [5.41, 5.74) is -1.98. The molecule has 5 unspecified atom stereocenters. The molecule has 0 aromatic rings. The van der Waals surface area contributed by atoms with Crippen molar-refractivity contribution in [1.29, 1.82) is 0 Å². The Kier molecular flexibility index (Phi) is 4.83. The first kappa shape index (κ1) is 16.9. The zero-order chi connectivity index (χ0) is 15.8. The molecule has 20 heavy (non-hydrogen) atoms. The minimum Gasteiger partial charge on any atom is -0.481 e. The van der Waals surface area contributed by atoms with Gasteiger partial charge in [0.05, 0.1) is 18.1 Å². The lowest BCUT2D eigenvalue weighted by atomic mass is 9.71. The van der Waals surface area contributed by atoms with E-state index in [0.29, 0.717) is 0 Å². The second-order valence-electron chi connectivity index (χ2n) is 5.45. The van der Waals surface area contributed by atoms with Gasteiger partial charge in [0, 0.05) is 0 Å². The predicted octanol–water partition coefficient (Wildman–Crippen LogP) is -0.974. The average molecular weight is 305 g/mol. The molecule has 0 saturated carbocycles. The molecule has 0 aromatic heterocycles. The highest BCUT2D eigenvalue weighted by molar-refractivity contribution is 7.96. The maximum Gasteiger partial charge on any atom is 0.317 e. The van der Waals surface area contributed by atoms with E-state index in [1.54, 1.807) is 13.8 Å². The van der Waals surface area contributed by atoms with Crippen molar-refractivity contribution in [3.05, 3.63) is 0 Å². The molecule has 1 heterocycles. The maximum atomic E-state index is 11.8. The topological polar surface area (TPSA) is 124 Å². The first-order valence-corrected chi connectivity index (χ1v) is 6.65. The molecule has 0 aromatic carbocycles. The van der Waals surface area contributed by atoms with Gasteiger partial charge in [0.1, 0.15) is 5.54 Å². The average Bonchev–Trinajstić information content (AvgIpc) is 2.53. The molecule has 1 fully saturated rings. The van der Waals surface area contributed by atoms with Crippen LogP contribution in [-0.4, -0.2) is 50.1 Å². The number of aliphatic hydroxyl groups excluding tert-OH is 2. The second-order valence-corrected chi connectivity index (χ2v) is 5.89. The molecule has 114 valence electrons. The van der Waals surface area contributed by atoms with Crippen LogP contribution in [0.1, 0.15) is 20.8 Å². The largest absolute Gasteiger partial charge is 0.481 e. The summed E-state index contributed by atoms with van der Waals surface area (Å²) in [7, 11) is 0. The van der Waals surface area contributed by atoms with E-state index < -0.39 is 52.5 Å². The summed E-state index contributed by atoms with van der Waals surface area (Å²) in [6.07, 6.45) is -2.92. The zero-order valence-electron chi connectivity index (χ0n) is 11.4. The van der Waals surface area contributed by atoms with Gasteiger partial charge >= 0.3 is 5.97 Å². The van der Waals surface area contributed by atoms with Crippen LogP contribution < -0.4 is 5.32 Å². The highest BCUT2D eigenvalue weighted by Crippen LogP contribution is 2.39. The van der Waals surface area contributed by atoms with E-state index in [4.69, 9.17) is 0 Å². The van der Waals surface area contributed by atoms with Crippen molar-refractivity contribution in [2.24, 2.45) is 17.8 Å². The third-order valence-corrected chi connectivity index (χ3v) is 4.07. The number of carbonyl (C=O) groups is 3. The Hall–Kier alpha value is -1.12. The molecule has 8 heteroatoms. The molecule has 1 aliphatic heterocycles. The van der Waals surface area contributed by atoms with Crippen LogP contribution in [0.4, 0.5) is 0 Å². The number of hydrogen-bond donors (Lipinski definition) is 5. The van der Waals surface area contributed by atoms with Gasteiger partial charge in [0.25, 0.3) is 0 Å². The SMILES string of the molecule is CC(C)C(O)C1(C(C(=O)O)C(=O)S)NC(=O)C(C)C1O. The highest BCUT2D eigenvalue weighted by atomic mass is 32.1. The van der Waals surface area contributed by atoms with Gasteiger partial charge in [-0.05, 0) is 5.92 Å². The van der Waals surface area contributed by atoms with E-state index in [1.807, 2.05) is 0 Å². The number of carbonyl (C=O) groups excluding carboxylic acids is 2. The molecule has 0 spiro atoms. The van der Waals surface area contributed by atoms with Crippen molar-refractivity contribution < 1.29 is 29.7 Å². The standard InChI is InChI=1S/C12H19NO6S/c1-4(2)7(14)12(6(10(17)18)11(19)20)8(15)5(3)9(16)13-12/h4-8,14-15H,1-3H3,(H,13,16)(H,17,18)(H,19,20). The molecule has 5 atom stereocenters. The van der Waals surface area contributed by atoms with Crippen LogP contribution in [0, 0.1) is 17.8 Å². The van der Waals surface area contributed by atoms with Crippen LogP contribution in [0.5, 0.6) is 0 Å². The van der Waals surface area contributed by atoms with Crippen LogP contribution in [0.25, 0.3) is 0 Å². The summed E-state index contributed by atoms with van der Waals surface area (Å²) in [5.74, 6) is -5.42. The summed E-state index contributed by atoms with van der Waals surface area (Å²) >= 11 is 3.53. The van der Waals surface area contributed by atoms with Crippen molar-refractivity contribution in [2.75, 3.05) is 0 Å². The first-order chi connectivity index (χ1) is 9.07. The number of aliphatic carboxylic acids is 1. The van der Waals surface area contributed by atoms with Gasteiger partial charge < -0.3 is 20.6 Å². The Bertz CT molecular complexity index is 426. The molecule has 4 N–H and O–H groups in total. The number of nitrogens with one attached hydrogen (secondary N) is 1.